The molecule has 0 aromatic carbocycles. The third-order valence-electron chi connectivity index (χ3n) is 1.59. The van der Waals surface area contributed by atoms with Gasteiger partial charge >= 0.3 is 0 Å². The van der Waals surface area contributed by atoms with Gasteiger partial charge in [-0.25, -0.2) is 0 Å². The molecule has 0 nitrogen and oxygen atoms in total. The highest BCUT2D eigenvalue weighted by molar-refractivity contribution is 7.16. The summed E-state index contributed by atoms with van der Waals surface area (Å²) in [7, 11) is 2.77. The zero-order valence-electron chi connectivity index (χ0n) is 6.61. The minimum Gasteiger partial charge on any atom is -0.138 e. The average molecular weight is 181 g/mol. The van der Waals surface area contributed by atoms with Gasteiger partial charge in [0.25, 0.3) is 0 Å². The van der Waals surface area contributed by atoms with Crippen molar-refractivity contribution in [2.75, 3.05) is 12.0 Å². The molecular formula is C8H18ClP. The molecule has 0 aliphatic rings. The van der Waals surface area contributed by atoms with E-state index in [1.165, 1.54) is 44.7 Å². The molecule has 0 aliphatic carbocycles. The predicted molar refractivity (Wildman–Crippen MR) is 53.0 cm³/mol. The molecule has 0 heterocycles. The summed E-state index contributed by atoms with van der Waals surface area (Å²) < 4.78 is 0. The maximum absolute atomic E-state index is 5.54. The molecule has 0 fully saturated rings. The van der Waals surface area contributed by atoms with Gasteiger partial charge in [-0.1, -0.05) is 25.7 Å². The molecule has 0 saturated heterocycles. The van der Waals surface area contributed by atoms with Crippen LogP contribution in [0, 0.1) is 0 Å². The van der Waals surface area contributed by atoms with Gasteiger partial charge in [0.15, 0.2) is 0 Å². The lowest BCUT2D eigenvalue weighted by molar-refractivity contribution is 0.628. The molecule has 1 unspecified atom stereocenters. The number of hydrogen-bond donors (Lipinski definition) is 0. The highest BCUT2D eigenvalue weighted by atomic mass is 35.5. The van der Waals surface area contributed by atoms with Crippen molar-refractivity contribution < 1.29 is 0 Å². The van der Waals surface area contributed by atoms with Gasteiger partial charge in [-0.2, -0.15) is 0 Å². The first kappa shape index (κ1) is 10.7. The Balaban J connectivity index is 2.65. The van der Waals surface area contributed by atoms with E-state index >= 15 is 0 Å². The first-order chi connectivity index (χ1) is 4.91. The maximum Gasteiger partial charge on any atom is 0.0223 e. The Hall–Kier alpha value is 0.720. The fourth-order valence-electron chi connectivity index (χ4n) is 0.946. The van der Waals surface area contributed by atoms with Crippen molar-refractivity contribution in [3.05, 3.63) is 0 Å². The lowest BCUT2D eigenvalue weighted by atomic mass is 10.1. The van der Waals surface area contributed by atoms with Gasteiger partial charge < -0.3 is 0 Å². The summed E-state index contributed by atoms with van der Waals surface area (Å²) in [5.41, 5.74) is 0. The largest absolute Gasteiger partial charge is 0.138 e. The van der Waals surface area contributed by atoms with E-state index in [1.807, 2.05) is 0 Å². The van der Waals surface area contributed by atoms with E-state index in [-0.39, 0.29) is 0 Å². The molecule has 0 saturated carbocycles. The van der Waals surface area contributed by atoms with Crippen molar-refractivity contribution >= 4 is 20.8 Å². The van der Waals surface area contributed by atoms with E-state index in [1.54, 1.807) is 0 Å². The Kier molecular flexibility index (Phi) is 10.4. The third-order valence-corrected chi connectivity index (χ3v) is 2.26. The van der Waals surface area contributed by atoms with Gasteiger partial charge in [-0.15, -0.1) is 20.8 Å². The zero-order chi connectivity index (χ0) is 7.66. The van der Waals surface area contributed by atoms with E-state index in [0.717, 1.165) is 5.88 Å². The smallest absolute Gasteiger partial charge is 0.0223 e. The highest BCUT2D eigenvalue weighted by Gasteiger charge is 1.88. The molecule has 0 spiro atoms. The fraction of sp³-hybridized carbons (Fsp3) is 1.00. The third kappa shape index (κ3) is 8.72. The van der Waals surface area contributed by atoms with Gasteiger partial charge in [0.05, 0.1) is 0 Å². The maximum atomic E-state index is 5.54. The highest BCUT2D eigenvalue weighted by Crippen LogP contribution is 2.06. The SMILES string of the molecule is PCCCCCCCCCl. The minimum atomic E-state index is 0.837. The number of rotatable bonds is 7. The average Bonchev–Trinajstić information content (AvgIpc) is 1.97. The second kappa shape index (κ2) is 9.72. The molecule has 62 valence electrons. The normalized spacial score (nSPS) is 10.2. The van der Waals surface area contributed by atoms with Crippen molar-refractivity contribution in [1.82, 2.24) is 0 Å². The van der Waals surface area contributed by atoms with E-state index in [4.69, 9.17) is 11.6 Å². The summed E-state index contributed by atoms with van der Waals surface area (Å²) in [6, 6.07) is 0. The standard InChI is InChI=1S/C8H18ClP/c9-7-5-3-1-2-4-6-8-10/h1-8,10H2. The lowest BCUT2D eigenvalue weighted by Gasteiger charge is -1.97. The van der Waals surface area contributed by atoms with Crippen LogP contribution in [0.15, 0.2) is 0 Å². The van der Waals surface area contributed by atoms with Crippen LogP contribution in [-0.2, 0) is 0 Å². The summed E-state index contributed by atoms with van der Waals surface area (Å²) >= 11 is 5.54. The molecule has 10 heavy (non-hydrogen) atoms. The minimum absolute atomic E-state index is 0.837. The summed E-state index contributed by atoms with van der Waals surface area (Å²) in [6.07, 6.45) is 9.30. The van der Waals surface area contributed by atoms with Gasteiger partial charge in [-0.05, 0) is 19.0 Å². The van der Waals surface area contributed by atoms with E-state index in [9.17, 15) is 0 Å². The van der Waals surface area contributed by atoms with Crippen molar-refractivity contribution in [3.63, 3.8) is 0 Å². The van der Waals surface area contributed by atoms with Crippen LogP contribution in [0.25, 0.3) is 0 Å². The van der Waals surface area contributed by atoms with E-state index < -0.39 is 0 Å². The van der Waals surface area contributed by atoms with Crippen LogP contribution >= 0.6 is 20.8 Å². The van der Waals surface area contributed by atoms with Gasteiger partial charge in [0, 0.05) is 5.88 Å². The molecule has 0 N–H and O–H groups in total. The molecular weight excluding hydrogens is 163 g/mol. The fourth-order valence-corrected chi connectivity index (χ4v) is 1.42. The molecule has 0 rings (SSSR count). The molecule has 1 atom stereocenters. The van der Waals surface area contributed by atoms with Gasteiger partial charge in [-0.3, -0.25) is 0 Å². The molecule has 0 aromatic rings. The monoisotopic (exact) mass is 180 g/mol. The van der Waals surface area contributed by atoms with Gasteiger partial charge in [0.1, 0.15) is 0 Å². The molecule has 0 radical (unpaired) electrons. The second-order valence-corrected chi connectivity index (χ2v) is 3.55. The number of unbranched alkanes of at least 4 members (excludes halogenated alkanes) is 5. The first-order valence-corrected chi connectivity index (χ1v) is 5.53. The molecule has 0 bridgehead atoms. The number of alkyl halides is 1. The number of halogens is 1. The Morgan fingerprint density at radius 1 is 0.800 bits per heavy atom. The van der Waals surface area contributed by atoms with Crippen LogP contribution < -0.4 is 0 Å². The Morgan fingerprint density at radius 3 is 1.80 bits per heavy atom. The molecule has 0 aliphatic heterocycles. The van der Waals surface area contributed by atoms with Crippen LogP contribution in [0.5, 0.6) is 0 Å². The van der Waals surface area contributed by atoms with E-state index in [2.05, 4.69) is 9.24 Å². The van der Waals surface area contributed by atoms with Crippen molar-refractivity contribution in [1.29, 1.82) is 0 Å². The zero-order valence-corrected chi connectivity index (χ0v) is 8.52. The Labute approximate surface area is 71.9 Å². The van der Waals surface area contributed by atoms with Crippen molar-refractivity contribution in [2.45, 2.75) is 38.5 Å². The first-order valence-electron chi connectivity index (χ1n) is 4.18. The molecule has 2 heteroatoms. The summed E-state index contributed by atoms with van der Waals surface area (Å²) in [6.45, 7) is 0. The topological polar surface area (TPSA) is 0 Å². The lowest BCUT2D eigenvalue weighted by Crippen LogP contribution is -1.80. The van der Waals surface area contributed by atoms with Crippen molar-refractivity contribution in [2.24, 2.45) is 0 Å². The predicted octanol–water partition coefficient (Wildman–Crippen LogP) is 3.44. The summed E-state index contributed by atoms with van der Waals surface area (Å²) in [5, 5.41) is 0. The Bertz CT molecular complexity index is 49.2. The van der Waals surface area contributed by atoms with Gasteiger partial charge in [0.2, 0.25) is 0 Å². The summed E-state index contributed by atoms with van der Waals surface area (Å²) in [5.74, 6) is 0.837. The Morgan fingerprint density at radius 2 is 1.30 bits per heavy atom. The van der Waals surface area contributed by atoms with Crippen LogP contribution in [0.3, 0.4) is 0 Å². The van der Waals surface area contributed by atoms with Crippen molar-refractivity contribution in [3.8, 4) is 0 Å². The van der Waals surface area contributed by atoms with Crippen LogP contribution in [-0.4, -0.2) is 12.0 Å². The second-order valence-electron chi connectivity index (χ2n) is 2.60. The van der Waals surface area contributed by atoms with E-state index in [0.29, 0.717) is 0 Å². The van der Waals surface area contributed by atoms with Crippen LogP contribution in [0.1, 0.15) is 38.5 Å². The number of hydrogen-bond acceptors (Lipinski definition) is 0. The molecule has 0 amide bonds. The van der Waals surface area contributed by atoms with Crippen LogP contribution in [0.2, 0.25) is 0 Å². The quantitative estimate of drug-likeness (QED) is 0.320. The van der Waals surface area contributed by atoms with Crippen LogP contribution in [0.4, 0.5) is 0 Å². The summed E-state index contributed by atoms with van der Waals surface area (Å²) in [4.78, 5) is 0. The molecule has 0 aromatic heterocycles.